The van der Waals surface area contributed by atoms with Gasteiger partial charge in [-0.15, -0.1) is 0 Å². The van der Waals surface area contributed by atoms with Gasteiger partial charge in [0.05, 0.1) is 22.0 Å². The Bertz CT molecular complexity index is 967. The number of nitrogens with zero attached hydrogens (tertiary/aromatic N) is 2. The number of benzene rings is 2. The topological polar surface area (TPSA) is 66.9 Å². The van der Waals surface area contributed by atoms with Gasteiger partial charge >= 0.3 is 0 Å². The molecule has 0 saturated heterocycles. The van der Waals surface area contributed by atoms with E-state index < -0.39 is 17.5 Å². The molecule has 0 aliphatic rings. The van der Waals surface area contributed by atoms with Gasteiger partial charge in [0.15, 0.2) is 0 Å². The molecule has 3 rings (SSSR count). The van der Waals surface area contributed by atoms with Gasteiger partial charge in [-0.1, -0.05) is 23.2 Å². The SMILES string of the molecule is O=C(Nc1ccc(F)cc1F)c1cnc(Nc2cc(Cl)ccc2Cl)nc1. The van der Waals surface area contributed by atoms with Crippen LogP contribution in [-0.2, 0) is 0 Å². The van der Waals surface area contributed by atoms with Crippen molar-refractivity contribution in [2.24, 2.45) is 0 Å². The van der Waals surface area contributed by atoms with Gasteiger partial charge in [-0.2, -0.15) is 0 Å². The Morgan fingerprint density at radius 2 is 1.69 bits per heavy atom. The van der Waals surface area contributed by atoms with E-state index in [4.69, 9.17) is 23.2 Å². The molecule has 0 bridgehead atoms. The van der Waals surface area contributed by atoms with Crippen molar-refractivity contribution in [1.29, 1.82) is 0 Å². The first-order valence-corrected chi connectivity index (χ1v) is 7.98. The van der Waals surface area contributed by atoms with E-state index in [1.807, 2.05) is 0 Å². The van der Waals surface area contributed by atoms with Crippen LogP contribution in [0.5, 0.6) is 0 Å². The molecule has 132 valence electrons. The minimum atomic E-state index is -0.881. The van der Waals surface area contributed by atoms with Gasteiger partial charge < -0.3 is 10.6 Å². The number of rotatable bonds is 4. The summed E-state index contributed by atoms with van der Waals surface area (Å²) < 4.78 is 26.5. The smallest absolute Gasteiger partial charge is 0.258 e. The van der Waals surface area contributed by atoms with Crippen LogP contribution in [-0.4, -0.2) is 15.9 Å². The van der Waals surface area contributed by atoms with Crippen molar-refractivity contribution in [2.45, 2.75) is 0 Å². The molecular weight excluding hydrogens is 385 g/mol. The highest BCUT2D eigenvalue weighted by atomic mass is 35.5. The van der Waals surface area contributed by atoms with Crippen molar-refractivity contribution in [1.82, 2.24) is 9.97 Å². The second-order valence-corrected chi connectivity index (χ2v) is 5.97. The maximum atomic E-state index is 13.6. The highest BCUT2D eigenvalue weighted by Crippen LogP contribution is 2.27. The van der Waals surface area contributed by atoms with Gasteiger partial charge in [-0.05, 0) is 30.3 Å². The Morgan fingerprint density at radius 3 is 2.38 bits per heavy atom. The molecule has 1 aromatic heterocycles. The maximum absolute atomic E-state index is 13.6. The molecule has 9 heteroatoms. The summed E-state index contributed by atoms with van der Waals surface area (Å²) in [6, 6.07) is 7.69. The van der Waals surface area contributed by atoms with Gasteiger partial charge in [0.2, 0.25) is 5.95 Å². The predicted octanol–water partition coefficient (Wildman–Crippen LogP) is 5.06. The van der Waals surface area contributed by atoms with Gasteiger partial charge in [-0.25, -0.2) is 18.7 Å². The molecule has 0 aliphatic carbocycles. The maximum Gasteiger partial charge on any atom is 0.258 e. The number of anilines is 3. The second-order valence-electron chi connectivity index (χ2n) is 5.12. The molecule has 5 nitrogen and oxygen atoms in total. The quantitative estimate of drug-likeness (QED) is 0.648. The van der Waals surface area contributed by atoms with Crippen LogP contribution in [0.3, 0.4) is 0 Å². The van der Waals surface area contributed by atoms with Crippen molar-refractivity contribution < 1.29 is 13.6 Å². The lowest BCUT2D eigenvalue weighted by Crippen LogP contribution is -2.14. The zero-order valence-electron chi connectivity index (χ0n) is 12.9. The lowest BCUT2D eigenvalue weighted by Gasteiger charge is -2.08. The van der Waals surface area contributed by atoms with E-state index in [-0.39, 0.29) is 17.2 Å². The van der Waals surface area contributed by atoms with E-state index >= 15 is 0 Å². The molecule has 0 aliphatic heterocycles. The van der Waals surface area contributed by atoms with Crippen LogP contribution in [0.4, 0.5) is 26.1 Å². The third kappa shape index (κ3) is 4.25. The normalized spacial score (nSPS) is 10.5. The second kappa shape index (κ2) is 7.63. The Hall–Kier alpha value is -2.77. The summed E-state index contributed by atoms with van der Waals surface area (Å²) in [6.45, 7) is 0. The summed E-state index contributed by atoms with van der Waals surface area (Å²) in [5.41, 5.74) is 0.450. The number of amides is 1. The molecule has 0 atom stereocenters. The molecule has 3 aromatic rings. The minimum absolute atomic E-state index is 0.0940. The number of halogens is 4. The van der Waals surface area contributed by atoms with E-state index in [9.17, 15) is 13.6 Å². The molecule has 1 heterocycles. The standard InChI is InChI=1S/C17H10Cl2F2N4O/c18-10-1-3-12(19)15(5-10)25-17-22-7-9(8-23-17)16(26)24-14-4-2-11(20)6-13(14)21/h1-8H,(H,24,26)(H,22,23,25). The zero-order chi connectivity index (χ0) is 18.7. The van der Waals surface area contributed by atoms with Crippen LogP contribution in [0.15, 0.2) is 48.8 Å². The van der Waals surface area contributed by atoms with E-state index in [0.717, 1.165) is 12.1 Å². The molecule has 0 unspecified atom stereocenters. The highest BCUT2D eigenvalue weighted by Gasteiger charge is 2.12. The van der Waals surface area contributed by atoms with Gasteiger partial charge in [0.1, 0.15) is 11.6 Å². The van der Waals surface area contributed by atoms with Crippen molar-refractivity contribution in [3.63, 3.8) is 0 Å². The van der Waals surface area contributed by atoms with Crippen LogP contribution in [0.1, 0.15) is 10.4 Å². The highest BCUT2D eigenvalue weighted by molar-refractivity contribution is 6.35. The van der Waals surface area contributed by atoms with Crippen LogP contribution < -0.4 is 10.6 Å². The van der Waals surface area contributed by atoms with E-state index in [2.05, 4.69) is 20.6 Å². The average Bonchev–Trinajstić information content (AvgIpc) is 2.61. The van der Waals surface area contributed by atoms with Gasteiger partial charge in [0, 0.05) is 23.5 Å². The number of hydrogen-bond acceptors (Lipinski definition) is 4. The van der Waals surface area contributed by atoms with Crippen molar-refractivity contribution >= 4 is 46.4 Å². The van der Waals surface area contributed by atoms with E-state index in [1.54, 1.807) is 18.2 Å². The summed E-state index contributed by atoms with van der Waals surface area (Å²) in [6.07, 6.45) is 2.51. The molecule has 2 aromatic carbocycles. The Labute approximate surface area is 157 Å². The summed E-state index contributed by atoms with van der Waals surface area (Å²) >= 11 is 11.9. The zero-order valence-corrected chi connectivity index (χ0v) is 14.4. The van der Waals surface area contributed by atoms with Crippen LogP contribution >= 0.6 is 23.2 Å². The summed E-state index contributed by atoms with van der Waals surface area (Å²) in [4.78, 5) is 20.1. The fourth-order valence-electron chi connectivity index (χ4n) is 2.01. The van der Waals surface area contributed by atoms with Crippen LogP contribution in [0.25, 0.3) is 0 Å². The monoisotopic (exact) mass is 394 g/mol. The molecule has 2 N–H and O–H groups in total. The van der Waals surface area contributed by atoms with Gasteiger partial charge in [-0.3, -0.25) is 4.79 Å². The minimum Gasteiger partial charge on any atom is -0.323 e. The van der Waals surface area contributed by atoms with E-state index in [1.165, 1.54) is 12.4 Å². The fourth-order valence-corrected chi connectivity index (χ4v) is 2.35. The number of carbonyl (C=O) groups excluding carboxylic acids is 1. The fraction of sp³-hybridized carbons (Fsp3) is 0. The van der Waals surface area contributed by atoms with Crippen molar-refractivity contribution in [3.05, 3.63) is 76.0 Å². The first-order chi connectivity index (χ1) is 12.4. The number of nitrogens with one attached hydrogen (secondary N) is 2. The first-order valence-electron chi connectivity index (χ1n) is 7.23. The molecule has 26 heavy (non-hydrogen) atoms. The number of hydrogen-bond donors (Lipinski definition) is 2. The summed E-state index contributed by atoms with van der Waals surface area (Å²) in [5, 5.41) is 6.10. The van der Waals surface area contributed by atoms with E-state index in [0.29, 0.717) is 21.8 Å². The molecule has 0 fully saturated rings. The van der Waals surface area contributed by atoms with Crippen LogP contribution in [0, 0.1) is 11.6 Å². The number of aromatic nitrogens is 2. The Balaban J connectivity index is 1.72. The molecule has 0 radical (unpaired) electrons. The lowest BCUT2D eigenvalue weighted by molar-refractivity contribution is 0.102. The molecule has 0 spiro atoms. The average molecular weight is 395 g/mol. The van der Waals surface area contributed by atoms with Crippen molar-refractivity contribution in [3.8, 4) is 0 Å². The summed E-state index contributed by atoms with van der Waals surface area (Å²) in [7, 11) is 0. The molecule has 0 saturated carbocycles. The summed E-state index contributed by atoms with van der Waals surface area (Å²) in [5.74, 6) is -2.06. The third-order valence-corrected chi connectivity index (χ3v) is 3.83. The molecule has 1 amide bonds. The van der Waals surface area contributed by atoms with Gasteiger partial charge in [0.25, 0.3) is 5.91 Å². The first kappa shape index (κ1) is 18.0. The number of carbonyl (C=O) groups is 1. The van der Waals surface area contributed by atoms with Crippen LogP contribution in [0.2, 0.25) is 10.0 Å². The van der Waals surface area contributed by atoms with Crippen molar-refractivity contribution in [2.75, 3.05) is 10.6 Å². The Morgan fingerprint density at radius 1 is 0.962 bits per heavy atom. The largest absolute Gasteiger partial charge is 0.323 e. The predicted molar refractivity (Wildman–Crippen MR) is 96.1 cm³/mol. The third-order valence-electron chi connectivity index (χ3n) is 3.27. The lowest BCUT2D eigenvalue weighted by atomic mass is 10.2. The Kier molecular flexibility index (Phi) is 5.29. The molecular formula is C17H10Cl2F2N4O.